The molecule has 1 aromatic heterocycles. The zero-order valence-electron chi connectivity index (χ0n) is 14.4. The van der Waals surface area contributed by atoms with Crippen molar-refractivity contribution >= 4 is 11.9 Å². The van der Waals surface area contributed by atoms with Crippen LogP contribution in [0.1, 0.15) is 57.3 Å². The lowest BCUT2D eigenvalue weighted by Crippen LogP contribution is -2.48. The third-order valence-electron chi connectivity index (χ3n) is 4.01. The molecule has 2 unspecified atom stereocenters. The van der Waals surface area contributed by atoms with Gasteiger partial charge in [-0.25, -0.2) is 4.79 Å². The largest absolute Gasteiger partial charge is 0.444 e. The second-order valence-corrected chi connectivity index (χ2v) is 7.33. The van der Waals surface area contributed by atoms with Gasteiger partial charge in [0.05, 0.1) is 0 Å². The molecule has 0 spiro atoms. The van der Waals surface area contributed by atoms with E-state index in [1.807, 2.05) is 20.8 Å². The van der Waals surface area contributed by atoms with E-state index in [1.165, 1.54) is 0 Å². The van der Waals surface area contributed by atoms with E-state index in [1.54, 1.807) is 29.4 Å². The summed E-state index contributed by atoms with van der Waals surface area (Å²) in [6, 6.07) is 3.41. The maximum atomic E-state index is 12.5. The number of amides is 1. The van der Waals surface area contributed by atoms with E-state index in [9.17, 15) is 9.59 Å². The molecule has 23 heavy (non-hydrogen) atoms. The van der Waals surface area contributed by atoms with Crippen LogP contribution in [0.15, 0.2) is 24.5 Å². The normalized spacial score (nSPS) is 21.8. The number of hydrogen-bond donors (Lipinski definition) is 0. The van der Waals surface area contributed by atoms with Crippen molar-refractivity contribution in [1.82, 2.24) is 9.88 Å². The van der Waals surface area contributed by atoms with Gasteiger partial charge < -0.3 is 9.64 Å². The highest BCUT2D eigenvalue weighted by Crippen LogP contribution is 2.27. The summed E-state index contributed by atoms with van der Waals surface area (Å²) >= 11 is 0. The Balaban J connectivity index is 2.08. The van der Waals surface area contributed by atoms with Crippen LogP contribution >= 0.6 is 0 Å². The lowest BCUT2D eigenvalue weighted by atomic mass is 9.89. The highest BCUT2D eigenvalue weighted by molar-refractivity contribution is 5.96. The van der Waals surface area contributed by atoms with Crippen LogP contribution in [0.3, 0.4) is 0 Å². The Hall–Kier alpha value is -1.91. The fourth-order valence-corrected chi connectivity index (χ4v) is 2.87. The number of piperidine rings is 1. The highest BCUT2D eigenvalue weighted by Gasteiger charge is 2.34. The first kappa shape index (κ1) is 17.4. The molecule has 1 aliphatic rings. The summed E-state index contributed by atoms with van der Waals surface area (Å²) in [5.41, 5.74) is 0.0628. The molecule has 2 atom stereocenters. The molecular formula is C18H26N2O3. The molecule has 126 valence electrons. The van der Waals surface area contributed by atoms with Gasteiger partial charge in [-0.1, -0.05) is 6.92 Å². The molecule has 0 bridgehead atoms. The summed E-state index contributed by atoms with van der Waals surface area (Å²) in [6.45, 7) is 8.36. The van der Waals surface area contributed by atoms with Gasteiger partial charge in [-0.3, -0.25) is 9.78 Å². The Kier molecular flexibility index (Phi) is 5.39. The molecule has 1 aromatic rings. The summed E-state index contributed by atoms with van der Waals surface area (Å²) in [4.78, 5) is 30.6. The van der Waals surface area contributed by atoms with E-state index in [0.29, 0.717) is 24.4 Å². The number of nitrogens with zero attached hydrogens (tertiary/aromatic N) is 2. The molecule has 1 amide bonds. The van der Waals surface area contributed by atoms with Crippen molar-refractivity contribution < 1.29 is 14.3 Å². The van der Waals surface area contributed by atoms with E-state index >= 15 is 0 Å². The number of Topliss-reactive ketones (excluding diaryl/α,β-unsaturated/α-hetero) is 1. The van der Waals surface area contributed by atoms with Gasteiger partial charge in [0, 0.05) is 37.0 Å². The summed E-state index contributed by atoms with van der Waals surface area (Å²) in [6.07, 6.45) is 4.98. The summed E-state index contributed by atoms with van der Waals surface area (Å²) in [5.74, 6) is 0.520. The molecule has 0 aromatic carbocycles. The lowest BCUT2D eigenvalue weighted by Gasteiger charge is -2.38. The van der Waals surface area contributed by atoms with E-state index < -0.39 is 5.60 Å². The molecule has 1 fully saturated rings. The van der Waals surface area contributed by atoms with E-state index in [4.69, 9.17) is 4.74 Å². The number of carbonyl (C=O) groups excluding carboxylic acids is 2. The summed E-state index contributed by atoms with van der Waals surface area (Å²) in [5, 5.41) is 0. The first-order valence-corrected chi connectivity index (χ1v) is 8.19. The topological polar surface area (TPSA) is 59.5 Å². The SMILES string of the molecule is CC1CCN(C(=O)OC(C)(C)C)C(CC(=O)c2cccnc2)C1. The minimum atomic E-state index is -0.530. The number of ether oxygens (including phenoxy) is 1. The van der Waals surface area contributed by atoms with Crippen LogP contribution in [-0.4, -0.2) is 39.9 Å². The maximum Gasteiger partial charge on any atom is 0.410 e. The molecule has 1 aliphatic heterocycles. The number of pyridine rings is 1. The molecule has 0 saturated carbocycles. The molecular weight excluding hydrogens is 292 g/mol. The van der Waals surface area contributed by atoms with Crippen molar-refractivity contribution in [3.8, 4) is 0 Å². The number of hydrogen-bond acceptors (Lipinski definition) is 4. The van der Waals surface area contributed by atoms with Crippen LogP contribution in [0, 0.1) is 5.92 Å². The van der Waals surface area contributed by atoms with Crippen molar-refractivity contribution in [2.24, 2.45) is 5.92 Å². The summed E-state index contributed by atoms with van der Waals surface area (Å²) in [7, 11) is 0. The van der Waals surface area contributed by atoms with Gasteiger partial charge in [-0.2, -0.15) is 0 Å². The van der Waals surface area contributed by atoms with E-state index in [2.05, 4.69) is 11.9 Å². The smallest absolute Gasteiger partial charge is 0.410 e. The Morgan fingerprint density at radius 1 is 1.39 bits per heavy atom. The zero-order valence-corrected chi connectivity index (χ0v) is 14.4. The Morgan fingerprint density at radius 3 is 2.74 bits per heavy atom. The second-order valence-electron chi connectivity index (χ2n) is 7.33. The minimum absolute atomic E-state index is 0.0192. The molecule has 0 aliphatic carbocycles. The number of likely N-dealkylation sites (tertiary alicyclic amines) is 1. The van der Waals surface area contributed by atoms with Crippen LogP contribution in [-0.2, 0) is 4.74 Å². The predicted octanol–water partition coefficient (Wildman–Crippen LogP) is 3.69. The van der Waals surface area contributed by atoms with Gasteiger partial charge in [0.1, 0.15) is 5.60 Å². The summed E-state index contributed by atoms with van der Waals surface area (Å²) < 4.78 is 5.49. The average Bonchev–Trinajstić information content (AvgIpc) is 2.46. The second kappa shape index (κ2) is 7.11. The third kappa shape index (κ3) is 5.05. The van der Waals surface area contributed by atoms with Crippen molar-refractivity contribution in [1.29, 1.82) is 0 Å². The molecule has 1 saturated heterocycles. The molecule has 2 heterocycles. The van der Waals surface area contributed by atoms with Gasteiger partial charge in [0.15, 0.2) is 5.78 Å². The van der Waals surface area contributed by atoms with Gasteiger partial charge in [-0.15, -0.1) is 0 Å². The minimum Gasteiger partial charge on any atom is -0.444 e. The zero-order chi connectivity index (χ0) is 17.0. The van der Waals surface area contributed by atoms with Crippen molar-refractivity contribution in [2.75, 3.05) is 6.54 Å². The van der Waals surface area contributed by atoms with Gasteiger partial charge >= 0.3 is 6.09 Å². The third-order valence-corrected chi connectivity index (χ3v) is 4.01. The standard InChI is InChI=1S/C18H26N2O3/c1-13-7-9-20(17(22)23-18(2,3)4)15(10-13)11-16(21)14-6-5-8-19-12-14/h5-6,8,12-13,15H,7,9-11H2,1-4H3. The molecule has 0 N–H and O–H groups in total. The van der Waals surface area contributed by atoms with Crippen LogP contribution in [0.25, 0.3) is 0 Å². The molecule has 2 rings (SSSR count). The maximum absolute atomic E-state index is 12.5. The van der Waals surface area contributed by atoms with Crippen LogP contribution in [0.5, 0.6) is 0 Å². The average molecular weight is 318 g/mol. The van der Waals surface area contributed by atoms with E-state index in [0.717, 1.165) is 12.8 Å². The Bertz CT molecular complexity index is 551. The van der Waals surface area contributed by atoms with Crippen LogP contribution < -0.4 is 0 Å². The highest BCUT2D eigenvalue weighted by atomic mass is 16.6. The first-order valence-electron chi connectivity index (χ1n) is 8.19. The fraction of sp³-hybridized carbons (Fsp3) is 0.611. The van der Waals surface area contributed by atoms with Crippen molar-refractivity contribution in [2.45, 2.75) is 58.6 Å². The van der Waals surface area contributed by atoms with Crippen LogP contribution in [0.4, 0.5) is 4.79 Å². The van der Waals surface area contributed by atoms with Crippen molar-refractivity contribution in [3.05, 3.63) is 30.1 Å². The predicted molar refractivity (Wildman–Crippen MR) is 88.3 cm³/mol. The molecule has 5 nitrogen and oxygen atoms in total. The number of ketones is 1. The molecule has 0 radical (unpaired) electrons. The number of rotatable bonds is 3. The fourth-order valence-electron chi connectivity index (χ4n) is 2.87. The van der Waals surface area contributed by atoms with Crippen molar-refractivity contribution in [3.63, 3.8) is 0 Å². The monoisotopic (exact) mass is 318 g/mol. The number of carbonyl (C=O) groups is 2. The Labute approximate surface area is 138 Å². The quantitative estimate of drug-likeness (QED) is 0.798. The van der Waals surface area contributed by atoms with Gasteiger partial charge in [0.2, 0.25) is 0 Å². The first-order chi connectivity index (χ1) is 10.8. The van der Waals surface area contributed by atoms with Crippen LogP contribution in [0.2, 0.25) is 0 Å². The van der Waals surface area contributed by atoms with Gasteiger partial charge in [-0.05, 0) is 51.7 Å². The molecule has 5 heteroatoms. The van der Waals surface area contributed by atoms with Gasteiger partial charge in [0.25, 0.3) is 0 Å². The lowest BCUT2D eigenvalue weighted by molar-refractivity contribution is 0.00514. The Morgan fingerprint density at radius 2 is 2.13 bits per heavy atom. The number of aromatic nitrogens is 1. The van der Waals surface area contributed by atoms with E-state index in [-0.39, 0.29) is 17.9 Å².